The molecule has 0 saturated heterocycles. The standard InChI is InChI=1S/C21H13Cl3N2/c1-12-10-18-19(11-17(12)24)26-21(14-4-8-16(23)9-5-14)20(25-18)13-2-6-15(22)7-3-13/h2-11H,1H3. The molecular formula is C21H13Cl3N2. The maximum absolute atomic E-state index is 6.28. The van der Waals surface area contributed by atoms with Crippen LogP contribution in [0.15, 0.2) is 60.7 Å². The largest absolute Gasteiger partial charge is 0.244 e. The van der Waals surface area contributed by atoms with Crippen molar-refractivity contribution in [1.29, 1.82) is 0 Å². The summed E-state index contributed by atoms with van der Waals surface area (Å²) >= 11 is 18.4. The molecule has 4 rings (SSSR count). The number of halogens is 3. The number of rotatable bonds is 2. The van der Waals surface area contributed by atoms with Crippen LogP contribution < -0.4 is 0 Å². The van der Waals surface area contributed by atoms with Gasteiger partial charge in [0.15, 0.2) is 0 Å². The van der Waals surface area contributed by atoms with Gasteiger partial charge in [-0.25, -0.2) is 9.97 Å². The molecule has 4 aromatic rings. The number of benzene rings is 3. The molecule has 0 atom stereocenters. The highest BCUT2D eigenvalue weighted by Gasteiger charge is 2.14. The van der Waals surface area contributed by atoms with Gasteiger partial charge in [-0.2, -0.15) is 0 Å². The summed E-state index contributed by atoms with van der Waals surface area (Å²) in [6.07, 6.45) is 0. The molecule has 2 nitrogen and oxygen atoms in total. The molecule has 1 heterocycles. The molecule has 128 valence electrons. The minimum atomic E-state index is 0.674. The van der Waals surface area contributed by atoms with E-state index < -0.39 is 0 Å². The molecule has 0 bridgehead atoms. The van der Waals surface area contributed by atoms with Crippen molar-refractivity contribution in [1.82, 2.24) is 9.97 Å². The predicted octanol–water partition coefficient (Wildman–Crippen LogP) is 7.23. The molecule has 0 saturated carbocycles. The van der Waals surface area contributed by atoms with Gasteiger partial charge in [-0.3, -0.25) is 0 Å². The Morgan fingerprint density at radius 1 is 0.615 bits per heavy atom. The Hall–Kier alpha value is -2.13. The summed E-state index contributed by atoms with van der Waals surface area (Å²) in [5.74, 6) is 0. The second-order valence-corrected chi connectivity index (χ2v) is 7.30. The molecule has 26 heavy (non-hydrogen) atoms. The van der Waals surface area contributed by atoms with Gasteiger partial charge in [-0.1, -0.05) is 59.1 Å². The number of nitrogens with zero attached hydrogens (tertiary/aromatic N) is 2. The fourth-order valence-electron chi connectivity index (χ4n) is 2.80. The van der Waals surface area contributed by atoms with Gasteiger partial charge >= 0.3 is 0 Å². The summed E-state index contributed by atoms with van der Waals surface area (Å²) in [5, 5.41) is 2.03. The molecule has 0 aliphatic carbocycles. The van der Waals surface area contributed by atoms with Gasteiger partial charge < -0.3 is 0 Å². The van der Waals surface area contributed by atoms with Crippen LogP contribution in [0, 0.1) is 6.92 Å². The molecule has 1 aromatic heterocycles. The smallest absolute Gasteiger partial charge is 0.0973 e. The highest BCUT2D eigenvalue weighted by molar-refractivity contribution is 6.32. The van der Waals surface area contributed by atoms with Crippen LogP contribution in [-0.4, -0.2) is 9.97 Å². The average molecular weight is 400 g/mol. The monoisotopic (exact) mass is 398 g/mol. The average Bonchev–Trinajstić information content (AvgIpc) is 2.63. The maximum atomic E-state index is 6.28. The summed E-state index contributed by atoms with van der Waals surface area (Å²) < 4.78 is 0. The Labute approximate surface area is 166 Å². The molecule has 0 amide bonds. The van der Waals surface area contributed by atoms with Gasteiger partial charge in [0.25, 0.3) is 0 Å². The van der Waals surface area contributed by atoms with E-state index in [1.165, 1.54) is 0 Å². The van der Waals surface area contributed by atoms with Crippen LogP contribution in [0.5, 0.6) is 0 Å². The Morgan fingerprint density at radius 2 is 1.04 bits per heavy atom. The van der Waals surface area contributed by atoms with Crippen molar-refractivity contribution in [3.63, 3.8) is 0 Å². The molecule has 0 unspecified atom stereocenters. The molecule has 0 aliphatic heterocycles. The van der Waals surface area contributed by atoms with E-state index in [2.05, 4.69) is 0 Å². The van der Waals surface area contributed by atoms with Gasteiger partial charge in [-0.05, 0) is 48.9 Å². The highest BCUT2D eigenvalue weighted by atomic mass is 35.5. The molecule has 0 aliphatic rings. The van der Waals surface area contributed by atoms with Gasteiger partial charge in [0, 0.05) is 26.2 Å². The normalized spacial score (nSPS) is 11.1. The van der Waals surface area contributed by atoms with E-state index in [1.54, 1.807) is 0 Å². The maximum Gasteiger partial charge on any atom is 0.0973 e. The summed E-state index contributed by atoms with van der Waals surface area (Å²) in [6.45, 7) is 1.96. The van der Waals surface area contributed by atoms with Crippen molar-refractivity contribution >= 4 is 45.8 Å². The van der Waals surface area contributed by atoms with Crippen LogP contribution in [0.3, 0.4) is 0 Å². The van der Waals surface area contributed by atoms with Gasteiger partial charge in [0.2, 0.25) is 0 Å². The van der Waals surface area contributed by atoms with E-state index >= 15 is 0 Å². The summed E-state index contributed by atoms with van der Waals surface area (Å²) in [6, 6.07) is 19.0. The Morgan fingerprint density at radius 3 is 1.50 bits per heavy atom. The fraction of sp³-hybridized carbons (Fsp3) is 0.0476. The van der Waals surface area contributed by atoms with Crippen molar-refractivity contribution in [2.45, 2.75) is 6.92 Å². The van der Waals surface area contributed by atoms with E-state index in [1.807, 2.05) is 67.6 Å². The zero-order chi connectivity index (χ0) is 18.3. The third-order valence-electron chi connectivity index (χ3n) is 4.18. The fourth-order valence-corrected chi connectivity index (χ4v) is 3.21. The number of hydrogen-bond donors (Lipinski definition) is 0. The highest BCUT2D eigenvalue weighted by Crippen LogP contribution is 2.33. The molecule has 0 fully saturated rings. The first kappa shape index (κ1) is 17.3. The van der Waals surface area contributed by atoms with Gasteiger partial charge in [0.1, 0.15) is 0 Å². The van der Waals surface area contributed by atoms with E-state index in [9.17, 15) is 0 Å². The van der Waals surface area contributed by atoms with Crippen LogP contribution >= 0.6 is 34.8 Å². The predicted molar refractivity (Wildman–Crippen MR) is 110 cm³/mol. The van der Waals surface area contributed by atoms with Crippen LogP contribution in [0.1, 0.15) is 5.56 Å². The zero-order valence-electron chi connectivity index (χ0n) is 13.8. The number of aryl methyl sites for hydroxylation is 1. The van der Waals surface area contributed by atoms with Gasteiger partial charge in [0.05, 0.1) is 22.4 Å². The molecule has 0 N–H and O–H groups in total. The zero-order valence-corrected chi connectivity index (χ0v) is 16.1. The van der Waals surface area contributed by atoms with E-state index in [-0.39, 0.29) is 0 Å². The second-order valence-electron chi connectivity index (χ2n) is 6.02. The first-order chi connectivity index (χ1) is 12.5. The summed E-state index contributed by atoms with van der Waals surface area (Å²) in [4.78, 5) is 9.73. The van der Waals surface area contributed by atoms with Crippen molar-refractivity contribution in [3.05, 3.63) is 81.3 Å². The number of aromatic nitrogens is 2. The minimum Gasteiger partial charge on any atom is -0.244 e. The van der Waals surface area contributed by atoms with E-state index in [0.29, 0.717) is 15.1 Å². The first-order valence-electron chi connectivity index (χ1n) is 8.01. The van der Waals surface area contributed by atoms with Gasteiger partial charge in [-0.15, -0.1) is 0 Å². The molecule has 0 spiro atoms. The van der Waals surface area contributed by atoms with Crippen molar-refractivity contribution in [2.24, 2.45) is 0 Å². The SMILES string of the molecule is Cc1cc2nc(-c3ccc(Cl)cc3)c(-c3ccc(Cl)cc3)nc2cc1Cl. The molecule has 0 radical (unpaired) electrons. The number of hydrogen-bond acceptors (Lipinski definition) is 2. The minimum absolute atomic E-state index is 0.674. The second kappa shape index (κ2) is 6.88. The first-order valence-corrected chi connectivity index (χ1v) is 9.14. The topological polar surface area (TPSA) is 25.8 Å². The number of fused-ring (bicyclic) bond motifs is 1. The lowest BCUT2D eigenvalue weighted by atomic mass is 10.0. The summed E-state index contributed by atoms with van der Waals surface area (Å²) in [7, 11) is 0. The quantitative estimate of drug-likeness (QED) is 0.355. The van der Waals surface area contributed by atoms with Crippen molar-refractivity contribution in [3.8, 4) is 22.5 Å². The third-order valence-corrected chi connectivity index (χ3v) is 5.09. The van der Waals surface area contributed by atoms with Crippen LogP contribution in [-0.2, 0) is 0 Å². The lowest BCUT2D eigenvalue weighted by Crippen LogP contribution is -1.96. The van der Waals surface area contributed by atoms with E-state index in [4.69, 9.17) is 44.8 Å². The lowest BCUT2D eigenvalue weighted by Gasteiger charge is -2.12. The third kappa shape index (κ3) is 3.28. The Kier molecular flexibility index (Phi) is 4.58. The van der Waals surface area contributed by atoms with E-state index in [0.717, 1.165) is 39.1 Å². The Balaban J connectivity index is 2.02. The van der Waals surface area contributed by atoms with Crippen molar-refractivity contribution < 1.29 is 0 Å². The molecular weight excluding hydrogens is 387 g/mol. The Bertz CT molecular complexity index is 1010. The van der Waals surface area contributed by atoms with Crippen LogP contribution in [0.2, 0.25) is 15.1 Å². The van der Waals surface area contributed by atoms with Crippen LogP contribution in [0.4, 0.5) is 0 Å². The summed E-state index contributed by atoms with van der Waals surface area (Å²) in [5.41, 5.74) is 5.97. The lowest BCUT2D eigenvalue weighted by molar-refractivity contribution is 1.28. The van der Waals surface area contributed by atoms with Crippen LogP contribution in [0.25, 0.3) is 33.5 Å². The molecule has 5 heteroatoms. The van der Waals surface area contributed by atoms with Crippen molar-refractivity contribution in [2.75, 3.05) is 0 Å². The molecule has 3 aromatic carbocycles.